The van der Waals surface area contributed by atoms with Crippen molar-refractivity contribution in [1.29, 1.82) is 0 Å². The number of carboxylic acid groups (broad SMARTS) is 1. The normalized spacial score (nSPS) is 19.0. The standard InChI is InChI=1S/C16H18N2O3/c1-11-4-6-12(7-5-11)14-9-17-15(21-14)10-18-8-2-3-13(18)16(19)20/h4-7,9,13H,2-3,8,10H2,1H3,(H,19,20)/t13-/m0/s1. The summed E-state index contributed by atoms with van der Waals surface area (Å²) in [6, 6.07) is 7.63. The molecule has 110 valence electrons. The third kappa shape index (κ3) is 2.97. The van der Waals surface area contributed by atoms with Crippen LogP contribution in [-0.2, 0) is 11.3 Å². The average molecular weight is 286 g/mol. The minimum absolute atomic E-state index is 0.417. The number of oxazole rings is 1. The molecule has 5 heteroatoms. The maximum atomic E-state index is 11.2. The molecule has 1 aliphatic rings. The predicted molar refractivity (Wildman–Crippen MR) is 77.7 cm³/mol. The first-order valence-corrected chi connectivity index (χ1v) is 7.12. The Bertz CT molecular complexity index is 633. The van der Waals surface area contributed by atoms with Gasteiger partial charge in [-0.2, -0.15) is 0 Å². The van der Waals surface area contributed by atoms with Crippen molar-refractivity contribution in [2.45, 2.75) is 32.4 Å². The summed E-state index contributed by atoms with van der Waals surface area (Å²) in [6.45, 7) is 3.26. The van der Waals surface area contributed by atoms with E-state index in [1.807, 2.05) is 36.1 Å². The number of aryl methyl sites for hydroxylation is 1. The van der Waals surface area contributed by atoms with Crippen molar-refractivity contribution in [3.05, 3.63) is 41.9 Å². The Morgan fingerprint density at radius 3 is 2.90 bits per heavy atom. The van der Waals surface area contributed by atoms with E-state index >= 15 is 0 Å². The summed E-state index contributed by atoms with van der Waals surface area (Å²) in [5, 5.41) is 9.18. The van der Waals surface area contributed by atoms with Gasteiger partial charge in [0, 0.05) is 5.56 Å². The number of rotatable bonds is 4. The smallest absolute Gasteiger partial charge is 0.320 e. The molecule has 0 saturated carbocycles. The molecule has 3 rings (SSSR count). The molecule has 5 nitrogen and oxygen atoms in total. The molecular weight excluding hydrogens is 268 g/mol. The average Bonchev–Trinajstić information content (AvgIpc) is 3.09. The fourth-order valence-electron chi connectivity index (χ4n) is 2.70. The molecule has 1 aromatic carbocycles. The Morgan fingerprint density at radius 1 is 1.43 bits per heavy atom. The predicted octanol–water partition coefficient (Wildman–Crippen LogP) is 2.70. The van der Waals surface area contributed by atoms with E-state index in [9.17, 15) is 9.90 Å². The molecule has 1 N–H and O–H groups in total. The first-order chi connectivity index (χ1) is 10.1. The monoisotopic (exact) mass is 286 g/mol. The van der Waals surface area contributed by atoms with Crippen molar-refractivity contribution >= 4 is 5.97 Å². The summed E-state index contributed by atoms with van der Waals surface area (Å²) < 4.78 is 5.75. The van der Waals surface area contributed by atoms with Gasteiger partial charge in [0.2, 0.25) is 5.89 Å². The second kappa shape index (κ2) is 5.69. The largest absolute Gasteiger partial charge is 0.480 e. The lowest BCUT2D eigenvalue weighted by Gasteiger charge is -2.18. The van der Waals surface area contributed by atoms with E-state index in [0.717, 1.165) is 24.3 Å². The Kier molecular flexibility index (Phi) is 3.75. The van der Waals surface area contributed by atoms with Crippen LogP contribution in [0.3, 0.4) is 0 Å². The highest BCUT2D eigenvalue weighted by Gasteiger charge is 2.31. The number of nitrogens with zero attached hydrogens (tertiary/aromatic N) is 2. The van der Waals surface area contributed by atoms with Gasteiger partial charge in [0.1, 0.15) is 6.04 Å². The second-order valence-electron chi connectivity index (χ2n) is 5.45. The fourth-order valence-corrected chi connectivity index (χ4v) is 2.70. The Balaban J connectivity index is 1.73. The molecule has 0 bridgehead atoms. The molecule has 0 aliphatic carbocycles. The van der Waals surface area contributed by atoms with Crippen LogP contribution in [0.4, 0.5) is 0 Å². The van der Waals surface area contributed by atoms with Gasteiger partial charge < -0.3 is 9.52 Å². The van der Waals surface area contributed by atoms with Crippen LogP contribution in [-0.4, -0.2) is 33.5 Å². The van der Waals surface area contributed by atoms with Crippen molar-refractivity contribution in [2.75, 3.05) is 6.54 Å². The van der Waals surface area contributed by atoms with Gasteiger partial charge in [0.25, 0.3) is 0 Å². The van der Waals surface area contributed by atoms with Crippen molar-refractivity contribution in [2.24, 2.45) is 0 Å². The van der Waals surface area contributed by atoms with Crippen LogP contribution >= 0.6 is 0 Å². The Labute approximate surface area is 123 Å². The number of benzene rings is 1. The van der Waals surface area contributed by atoms with Gasteiger partial charge in [-0.25, -0.2) is 4.98 Å². The molecule has 21 heavy (non-hydrogen) atoms. The minimum atomic E-state index is -0.766. The van der Waals surface area contributed by atoms with Gasteiger partial charge >= 0.3 is 5.97 Å². The van der Waals surface area contributed by atoms with Crippen LogP contribution in [0, 0.1) is 6.92 Å². The highest BCUT2D eigenvalue weighted by molar-refractivity contribution is 5.73. The van der Waals surface area contributed by atoms with Crippen molar-refractivity contribution in [3.8, 4) is 11.3 Å². The van der Waals surface area contributed by atoms with Gasteiger partial charge in [-0.05, 0) is 26.3 Å². The van der Waals surface area contributed by atoms with Crippen molar-refractivity contribution < 1.29 is 14.3 Å². The van der Waals surface area contributed by atoms with E-state index in [-0.39, 0.29) is 0 Å². The zero-order chi connectivity index (χ0) is 14.8. The maximum absolute atomic E-state index is 11.2. The Hall–Kier alpha value is -2.14. The fraction of sp³-hybridized carbons (Fsp3) is 0.375. The molecule has 1 fully saturated rings. The van der Waals surface area contributed by atoms with Crippen LogP contribution < -0.4 is 0 Å². The van der Waals surface area contributed by atoms with Crippen LogP contribution in [0.5, 0.6) is 0 Å². The van der Waals surface area contributed by atoms with E-state index in [2.05, 4.69) is 4.98 Å². The summed E-state index contributed by atoms with van der Waals surface area (Å²) in [7, 11) is 0. The van der Waals surface area contributed by atoms with Gasteiger partial charge in [-0.3, -0.25) is 9.69 Å². The number of likely N-dealkylation sites (tertiary alicyclic amines) is 1. The number of hydrogen-bond donors (Lipinski definition) is 1. The second-order valence-corrected chi connectivity index (χ2v) is 5.45. The number of aliphatic carboxylic acids is 1. The lowest BCUT2D eigenvalue weighted by molar-refractivity contribution is -0.142. The van der Waals surface area contributed by atoms with Crippen LogP contribution in [0.15, 0.2) is 34.9 Å². The van der Waals surface area contributed by atoms with Crippen LogP contribution in [0.2, 0.25) is 0 Å². The van der Waals surface area contributed by atoms with Crippen LogP contribution in [0.25, 0.3) is 11.3 Å². The number of aromatic nitrogens is 1. The molecule has 2 heterocycles. The van der Waals surface area contributed by atoms with Gasteiger partial charge in [-0.15, -0.1) is 0 Å². The number of carboxylic acids is 1. The molecule has 0 amide bonds. The van der Waals surface area contributed by atoms with Gasteiger partial charge in [0.05, 0.1) is 12.7 Å². The topological polar surface area (TPSA) is 66.6 Å². The quantitative estimate of drug-likeness (QED) is 0.936. The summed E-state index contributed by atoms with van der Waals surface area (Å²) >= 11 is 0. The lowest BCUT2D eigenvalue weighted by atomic mass is 10.1. The van der Waals surface area contributed by atoms with E-state index in [0.29, 0.717) is 18.9 Å². The zero-order valence-electron chi connectivity index (χ0n) is 12.0. The zero-order valence-corrected chi connectivity index (χ0v) is 12.0. The Morgan fingerprint density at radius 2 is 2.19 bits per heavy atom. The van der Waals surface area contributed by atoms with E-state index in [4.69, 9.17) is 4.42 Å². The first kappa shape index (κ1) is 13.8. The molecule has 1 saturated heterocycles. The first-order valence-electron chi connectivity index (χ1n) is 7.12. The van der Waals surface area contributed by atoms with E-state index in [1.54, 1.807) is 6.20 Å². The summed E-state index contributed by atoms with van der Waals surface area (Å²) in [4.78, 5) is 17.3. The minimum Gasteiger partial charge on any atom is -0.480 e. The number of hydrogen-bond acceptors (Lipinski definition) is 4. The van der Waals surface area contributed by atoms with Gasteiger partial charge in [-0.1, -0.05) is 29.8 Å². The number of carbonyl (C=O) groups is 1. The van der Waals surface area contributed by atoms with Crippen LogP contribution in [0.1, 0.15) is 24.3 Å². The molecule has 1 atom stereocenters. The molecule has 2 aromatic rings. The summed E-state index contributed by atoms with van der Waals surface area (Å²) in [5.41, 5.74) is 2.18. The highest BCUT2D eigenvalue weighted by Crippen LogP contribution is 2.24. The molecular formula is C16H18N2O3. The van der Waals surface area contributed by atoms with Crippen molar-refractivity contribution in [1.82, 2.24) is 9.88 Å². The summed E-state index contributed by atoms with van der Waals surface area (Å²) in [6.07, 6.45) is 3.30. The van der Waals surface area contributed by atoms with E-state index < -0.39 is 12.0 Å². The van der Waals surface area contributed by atoms with Crippen molar-refractivity contribution in [3.63, 3.8) is 0 Å². The molecule has 0 unspecified atom stereocenters. The summed E-state index contributed by atoms with van der Waals surface area (Å²) in [5.74, 6) is 0.521. The third-order valence-electron chi connectivity index (χ3n) is 3.88. The SMILES string of the molecule is Cc1ccc(-c2cnc(CN3CCC[C@H]3C(=O)O)o2)cc1. The van der Waals surface area contributed by atoms with Gasteiger partial charge in [0.15, 0.2) is 5.76 Å². The molecule has 0 radical (unpaired) electrons. The molecule has 1 aliphatic heterocycles. The lowest BCUT2D eigenvalue weighted by Crippen LogP contribution is -2.35. The molecule has 1 aromatic heterocycles. The maximum Gasteiger partial charge on any atom is 0.320 e. The third-order valence-corrected chi connectivity index (χ3v) is 3.88. The van der Waals surface area contributed by atoms with E-state index in [1.165, 1.54) is 5.56 Å². The highest BCUT2D eigenvalue weighted by atomic mass is 16.4. The molecule has 0 spiro atoms.